The number of rotatable bonds is 12. The SMILES string of the molecule is PC1(CCCC(P)(C2CCCCC2)C2CCCCC2)CCCCC1CCCC(P)(C1CCCCC1)C1CCCCC1. The Labute approximate surface area is 264 Å². The van der Waals surface area contributed by atoms with Crippen molar-refractivity contribution in [2.75, 3.05) is 0 Å². The molecule has 0 radical (unpaired) electrons. The lowest BCUT2D eigenvalue weighted by molar-refractivity contribution is 0.150. The summed E-state index contributed by atoms with van der Waals surface area (Å²) in [7, 11) is 10.7. The molecule has 5 saturated carbocycles. The minimum Gasteiger partial charge on any atom is -0.131 e. The molecule has 238 valence electrons. The summed E-state index contributed by atoms with van der Waals surface area (Å²) in [6.45, 7) is 0. The highest BCUT2D eigenvalue weighted by molar-refractivity contribution is 7.19. The Kier molecular flexibility index (Phi) is 13.3. The molecule has 0 aliphatic heterocycles. The van der Waals surface area contributed by atoms with Gasteiger partial charge in [0.15, 0.2) is 0 Å². The van der Waals surface area contributed by atoms with Crippen LogP contribution in [0.4, 0.5) is 0 Å². The maximum absolute atomic E-state index is 3.59. The van der Waals surface area contributed by atoms with Crippen LogP contribution in [-0.2, 0) is 0 Å². The van der Waals surface area contributed by atoms with Crippen molar-refractivity contribution in [3.05, 3.63) is 0 Å². The third-order valence-electron chi connectivity index (χ3n) is 14.1. The lowest BCUT2D eigenvalue weighted by Gasteiger charge is -2.49. The molecule has 0 saturated heterocycles. The smallest absolute Gasteiger partial charge is 0.00938 e. The zero-order chi connectivity index (χ0) is 28.6. The Balaban J connectivity index is 1.19. The van der Waals surface area contributed by atoms with Crippen LogP contribution in [0.2, 0.25) is 0 Å². The van der Waals surface area contributed by atoms with Gasteiger partial charge in [0.2, 0.25) is 0 Å². The van der Waals surface area contributed by atoms with Crippen LogP contribution < -0.4 is 0 Å². The maximum Gasteiger partial charge on any atom is -0.00938 e. The molecule has 5 fully saturated rings. The first kappa shape index (κ1) is 33.6. The molecule has 5 aliphatic rings. The highest BCUT2D eigenvalue weighted by atomic mass is 31.0. The second-order valence-corrected chi connectivity index (χ2v) is 19.8. The van der Waals surface area contributed by atoms with E-state index < -0.39 is 0 Å². The van der Waals surface area contributed by atoms with Crippen molar-refractivity contribution in [2.24, 2.45) is 29.6 Å². The molecular formula is C38H71P3. The summed E-state index contributed by atoms with van der Waals surface area (Å²) in [6, 6.07) is 0. The Morgan fingerprint density at radius 2 is 0.829 bits per heavy atom. The zero-order valence-corrected chi connectivity index (χ0v) is 30.8. The quantitative estimate of drug-likeness (QED) is 0.190. The van der Waals surface area contributed by atoms with Crippen molar-refractivity contribution in [1.82, 2.24) is 0 Å². The molecule has 5 aliphatic carbocycles. The minimum absolute atomic E-state index is 0.530. The highest BCUT2D eigenvalue weighted by Gasteiger charge is 2.44. The molecule has 0 aromatic rings. The van der Waals surface area contributed by atoms with Crippen molar-refractivity contribution < 1.29 is 0 Å². The van der Waals surface area contributed by atoms with Crippen LogP contribution >= 0.6 is 27.7 Å². The van der Waals surface area contributed by atoms with E-state index in [0.717, 1.165) is 29.6 Å². The third kappa shape index (κ3) is 8.56. The summed E-state index contributed by atoms with van der Waals surface area (Å²) in [5.74, 6) is 4.91. The Hall–Kier alpha value is 1.29. The molecule has 0 heterocycles. The van der Waals surface area contributed by atoms with E-state index in [1.165, 1.54) is 193 Å². The molecule has 0 spiro atoms. The van der Waals surface area contributed by atoms with Gasteiger partial charge in [0.1, 0.15) is 0 Å². The fraction of sp³-hybridized carbons (Fsp3) is 1.00. The maximum atomic E-state index is 3.59. The summed E-state index contributed by atoms with van der Waals surface area (Å²) in [5.41, 5.74) is 0. The molecule has 0 bridgehead atoms. The van der Waals surface area contributed by atoms with E-state index in [-0.39, 0.29) is 0 Å². The van der Waals surface area contributed by atoms with Crippen molar-refractivity contribution in [1.29, 1.82) is 0 Å². The molecule has 5 atom stereocenters. The monoisotopic (exact) mass is 620 g/mol. The van der Waals surface area contributed by atoms with Crippen LogP contribution in [0.5, 0.6) is 0 Å². The molecular weight excluding hydrogens is 549 g/mol. The summed E-state index contributed by atoms with van der Waals surface area (Å²) >= 11 is 0. The van der Waals surface area contributed by atoms with E-state index in [9.17, 15) is 0 Å². The van der Waals surface area contributed by atoms with Crippen LogP contribution in [0.1, 0.15) is 193 Å². The van der Waals surface area contributed by atoms with Gasteiger partial charge in [-0.25, -0.2) is 0 Å². The standard InChI is InChI=1S/C38H71P3/c39-36(28-16-30-38(41,34-22-9-3-10-23-34)35-24-11-4-12-25-35)27-14-13-17-31(36)26-15-29-37(40,32-18-5-1-6-19-32)33-20-7-2-8-21-33/h31-35H,1-30,39-41H2. The van der Waals surface area contributed by atoms with E-state index in [4.69, 9.17) is 0 Å². The lowest BCUT2D eigenvalue weighted by atomic mass is 9.65. The first-order valence-electron chi connectivity index (χ1n) is 19.3. The number of hydrogen-bond acceptors (Lipinski definition) is 0. The van der Waals surface area contributed by atoms with Crippen LogP contribution in [0, 0.1) is 29.6 Å². The zero-order valence-electron chi connectivity index (χ0n) is 27.3. The molecule has 0 N–H and O–H groups in total. The second kappa shape index (κ2) is 16.2. The molecule has 0 aromatic carbocycles. The van der Waals surface area contributed by atoms with Gasteiger partial charge in [0.05, 0.1) is 0 Å². The predicted molar refractivity (Wildman–Crippen MR) is 193 cm³/mol. The minimum atomic E-state index is 0.530. The van der Waals surface area contributed by atoms with Gasteiger partial charge < -0.3 is 0 Å². The van der Waals surface area contributed by atoms with Gasteiger partial charge >= 0.3 is 0 Å². The fourth-order valence-corrected chi connectivity index (χ4v) is 14.0. The van der Waals surface area contributed by atoms with Crippen LogP contribution in [-0.4, -0.2) is 15.5 Å². The summed E-state index contributed by atoms with van der Waals surface area (Å²) in [5, 5.41) is 1.63. The lowest BCUT2D eigenvalue weighted by Crippen LogP contribution is -2.42. The molecule has 0 nitrogen and oxygen atoms in total. The fourth-order valence-electron chi connectivity index (χ4n) is 11.5. The molecule has 3 heteroatoms. The average molecular weight is 621 g/mol. The van der Waals surface area contributed by atoms with Gasteiger partial charge in [-0.3, -0.25) is 0 Å². The van der Waals surface area contributed by atoms with Gasteiger partial charge in [-0.2, -0.15) is 0 Å². The van der Waals surface area contributed by atoms with Gasteiger partial charge in [-0.1, -0.05) is 103 Å². The number of hydrogen-bond donors (Lipinski definition) is 0. The first-order valence-corrected chi connectivity index (χ1v) is 21.0. The van der Waals surface area contributed by atoms with Crippen LogP contribution in [0.3, 0.4) is 0 Å². The van der Waals surface area contributed by atoms with Crippen molar-refractivity contribution in [2.45, 2.75) is 208 Å². The molecule has 0 aromatic heterocycles. The molecule has 5 unspecified atom stereocenters. The van der Waals surface area contributed by atoms with Crippen molar-refractivity contribution >= 4 is 27.7 Å². The normalized spacial score (nSPS) is 31.0. The van der Waals surface area contributed by atoms with Gasteiger partial charge in [0.25, 0.3) is 0 Å². The van der Waals surface area contributed by atoms with Crippen LogP contribution in [0.25, 0.3) is 0 Å². The van der Waals surface area contributed by atoms with E-state index in [1.54, 1.807) is 0 Å². The van der Waals surface area contributed by atoms with E-state index in [0.29, 0.717) is 15.5 Å². The van der Waals surface area contributed by atoms with Gasteiger partial charge in [-0.05, 0) is 135 Å². The topological polar surface area (TPSA) is 0 Å². The predicted octanol–water partition coefficient (Wildman–Crippen LogP) is 12.7. The van der Waals surface area contributed by atoms with E-state index >= 15 is 0 Å². The molecule has 5 rings (SSSR count). The Morgan fingerprint density at radius 3 is 1.24 bits per heavy atom. The third-order valence-corrected chi connectivity index (χ3v) is 17.6. The highest BCUT2D eigenvalue weighted by Crippen LogP contribution is 2.55. The van der Waals surface area contributed by atoms with Crippen molar-refractivity contribution in [3.8, 4) is 0 Å². The summed E-state index contributed by atoms with van der Waals surface area (Å²) in [6.07, 6.45) is 45.1. The van der Waals surface area contributed by atoms with Crippen LogP contribution in [0.15, 0.2) is 0 Å². The average Bonchev–Trinajstić information content (AvgIpc) is 3.03. The molecule has 41 heavy (non-hydrogen) atoms. The van der Waals surface area contributed by atoms with E-state index in [1.807, 2.05) is 0 Å². The summed E-state index contributed by atoms with van der Waals surface area (Å²) in [4.78, 5) is 0. The summed E-state index contributed by atoms with van der Waals surface area (Å²) < 4.78 is 0. The molecule has 0 amide bonds. The largest absolute Gasteiger partial charge is 0.131 e. The van der Waals surface area contributed by atoms with Gasteiger partial charge in [-0.15, -0.1) is 27.7 Å². The van der Waals surface area contributed by atoms with Gasteiger partial charge in [0, 0.05) is 0 Å². The second-order valence-electron chi connectivity index (χ2n) is 16.5. The first-order chi connectivity index (χ1) is 19.9. The van der Waals surface area contributed by atoms with E-state index in [2.05, 4.69) is 27.7 Å². The Morgan fingerprint density at radius 1 is 0.463 bits per heavy atom. The van der Waals surface area contributed by atoms with Crippen molar-refractivity contribution in [3.63, 3.8) is 0 Å². The Bertz CT molecular complexity index is 705.